The lowest BCUT2D eigenvalue weighted by Crippen LogP contribution is -2.16. The Hall–Kier alpha value is -2.73. The van der Waals surface area contributed by atoms with Crippen molar-refractivity contribution >= 4 is 31.1 Å². The molecule has 1 aromatic heterocycles. The molecule has 0 fully saturated rings. The highest BCUT2D eigenvalue weighted by atomic mass is 31.2. The highest BCUT2D eigenvalue weighted by Crippen LogP contribution is 2.48. The molecule has 3 aromatic rings. The fourth-order valence-corrected chi connectivity index (χ4v) is 4.31. The molecular weight excluding hydrogens is 406 g/mol. The zero-order valence-corrected chi connectivity index (χ0v) is 17.8. The predicted octanol–water partition coefficient (Wildman–Crippen LogP) is 5.49. The van der Waals surface area contributed by atoms with Crippen molar-refractivity contribution in [1.82, 2.24) is 4.98 Å². The van der Waals surface area contributed by atoms with E-state index >= 15 is 0 Å². The van der Waals surface area contributed by atoms with Gasteiger partial charge in [-0.25, -0.2) is 4.39 Å². The molecule has 8 heteroatoms. The summed E-state index contributed by atoms with van der Waals surface area (Å²) < 4.78 is 43.1. The summed E-state index contributed by atoms with van der Waals surface area (Å²) in [6, 6.07) is 15.7. The van der Waals surface area contributed by atoms with Gasteiger partial charge in [-0.15, -0.1) is 0 Å². The summed E-state index contributed by atoms with van der Waals surface area (Å²) in [5.41, 5.74) is 1.87. The van der Waals surface area contributed by atoms with Gasteiger partial charge in [-0.05, 0) is 43.2 Å². The van der Waals surface area contributed by atoms with Gasteiger partial charge in [-0.1, -0.05) is 42.5 Å². The molecule has 0 unspecified atom stereocenters. The largest absolute Gasteiger partial charge is 0.420 e. The highest BCUT2D eigenvalue weighted by Gasteiger charge is 2.35. The molecule has 0 aliphatic heterocycles. The van der Waals surface area contributed by atoms with E-state index < -0.39 is 7.60 Å². The fraction of sp³-hybridized carbons (Fsp3) is 0.227. The number of anilines is 1. The van der Waals surface area contributed by atoms with E-state index in [9.17, 15) is 8.96 Å². The minimum atomic E-state index is -3.67. The first kappa shape index (κ1) is 22.0. The molecule has 0 saturated heterocycles. The van der Waals surface area contributed by atoms with Gasteiger partial charge in [0, 0.05) is 12.6 Å². The predicted molar refractivity (Wildman–Crippen MR) is 116 cm³/mol. The summed E-state index contributed by atoms with van der Waals surface area (Å²) in [4.78, 5) is 4.37. The Kier molecular flexibility index (Phi) is 7.57. The van der Waals surface area contributed by atoms with E-state index in [4.69, 9.17) is 13.5 Å². The van der Waals surface area contributed by atoms with Crippen molar-refractivity contribution in [3.8, 4) is 0 Å². The lowest BCUT2D eigenvalue weighted by Gasteiger charge is -2.15. The van der Waals surface area contributed by atoms with Crippen LogP contribution in [0.5, 0.6) is 0 Å². The molecule has 0 saturated carbocycles. The molecule has 0 atom stereocenters. The Labute approximate surface area is 175 Å². The number of oxazole rings is 1. The molecule has 6 nitrogen and oxygen atoms in total. The van der Waals surface area contributed by atoms with Crippen LogP contribution in [0.3, 0.4) is 0 Å². The van der Waals surface area contributed by atoms with Gasteiger partial charge in [0.1, 0.15) is 5.82 Å². The summed E-state index contributed by atoms with van der Waals surface area (Å²) >= 11 is 0. The fourth-order valence-electron chi connectivity index (χ4n) is 2.72. The monoisotopic (exact) mass is 430 g/mol. The molecule has 158 valence electrons. The molecule has 30 heavy (non-hydrogen) atoms. The lowest BCUT2D eigenvalue weighted by molar-refractivity contribution is 0.229. The first-order valence-electron chi connectivity index (χ1n) is 9.66. The molecular formula is C22H24FN2O4P. The second-order valence-corrected chi connectivity index (χ2v) is 8.20. The van der Waals surface area contributed by atoms with E-state index in [2.05, 4.69) is 10.3 Å². The van der Waals surface area contributed by atoms with Crippen LogP contribution in [0.15, 0.2) is 59.0 Å². The van der Waals surface area contributed by atoms with Gasteiger partial charge in [0.15, 0.2) is 0 Å². The molecule has 2 aromatic carbocycles. The van der Waals surface area contributed by atoms with Crippen molar-refractivity contribution in [2.24, 2.45) is 0 Å². The number of nitrogens with zero attached hydrogens (tertiary/aromatic N) is 1. The second-order valence-electron chi connectivity index (χ2n) is 6.26. The Morgan fingerprint density at radius 2 is 1.70 bits per heavy atom. The molecule has 0 amide bonds. The van der Waals surface area contributed by atoms with Crippen LogP contribution in [0.2, 0.25) is 0 Å². The van der Waals surface area contributed by atoms with Gasteiger partial charge in [-0.2, -0.15) is 4.98 Å². The van der Waals surface area contributed by atoms with Gasteiger partial charge >= 0.3 is 7.60 Å². The topological polar surface area (TPSA) is 73.6 Å². The minimum absolute atomic E-state index is 0.0843. The van der Waals surface area contributed by atoms with E-state index in [1.807, 2.05) is 36.4 Å². The maximum absolute atomic E-state index is 13.3. The quantitative estimate of drug-likeness (QED) is 0.429. The van der Waals surface area contributed by atoms with Crippen LogP contribution >= 0.6 is 7.60 Å². The summed E-state index contributed by atoms with van der Waals surface area (Å²) in [6.45, 7) is 4.16. The number of nitrogens with one attached hydrogen (secondary N) is 1. The van der Waals surface area contributed by atoms with Gasteiger partial charge in [0.05, 0.1) is 13.2 Å². The van der Waals surface area contributed by atoms with E-state index in [1.165, 1.54) is 12.1 Å². The maximum Gasteiger partial charge on any atom is 0.385 e. The number of benzene rings is 2. The van der Waals surface area contributed by atoms with Crippen LogP contribution in [0.1, 0.15) is 30.9 Å². The SMILES string of the molecule is CCOP(=O)(OCC)c1nc(C=Cc2ccccc2)oc1NCc1ccc(F)cc1. The summed E-state index contributed by atoms with van der Waals surface area (Å²) in [5.74, 6) is 0.136. The first-order valence-corrected chi connectivity index (χ1v) is 11.2. The molecule has 0 radical (unpaired) electrons. The third kappa shape index (κ3) is 5.66. The molecule has 0 bridgehead atoms. The summed E-state index contributed by atoms with van der Waals surface area (Å²) in [7, 11) is -3.67. The van der Waals surface area contributed by atoms with Crippen molar-refractivity contribution in [3.63, 3.8) is 0 Å². The normalized spacial score (nSPS) is 11.8. The van der Waals surface area contributed by atoms with Crippen LogP contribution in [-0.2, 0) is 20.2 Å². The number of halogens is 1. The number of hydrogen-bond acceptors (Lipinski definition) is 6. The zero-order chi connectivity index (χ0) is 21.4. The Morgan fingerprint density at radius 3 is 2.33 bits per heavy atom. The average Bonchev–Trinajstić information content (AvgIpc) is 3.17. The van der Waals surface area contributed by atoms with Crippen LogP contribution < -0.4 is 10.8 Å². The molecule has 0 aliphatic carbocycles. The van der Waals surface area contributed by atoms with E-state index in [0.717, 1.165) is 11.1 Å². The summed E-state index contributed by atoms with van der Waals surface area (Å²) in [6.07, 6.45) is 3.52. The summed E-state index contributed by atoms with van der Waals surface area (Å²) in [5, 5.41) is 3.07. The van der Waals surface area contributed by atoms with Gasteiger partial charge in [-0.3, -0.25) is 4.57 Å². The van der Waals surface area contributed by atoms with E-state index in [-0.39, 0.29) is 36.2 Å². The molecule has 1 N–H and O–H groups in total. The third-order valence-electron chi connectivity index (χ3n) is 4.07. The number of aromatic nitrogens is 1. The Balaban J connectivity index is 1.90. The van der Waals surface area contributed by atoms with Crippen molar-refractivity contribution in [3.05, 3.63) is 77.4 Å². The minimum Gasteiger partial charge on any atom is -0.420 e. The van der Waals surface area contributed by atoms with Crippen LogP contribution in [0, 0.1) is 5.82 Å². The lowest BCUT2D eigenvalue weighted by atomic mass is 10.2. The molecule has 1 heterocycles. The maximum atomic E-state index is 13.3. The third-order valence-corrected chi connectivity index (χ3v) is 6.09. The molecule has 3 rings (SSSR count). The van der Waals surface area contributed by atoms with Gasteiger partial charge < -0.3 is 18.8 Å². The molecule has 0 aliphatic rings. The van der Waals surface area contributed by atoms with Crippen molar-refractivity contribution in [2.75, 3.05) is 18.5 Å². The van der Waals surface area contributed by atoms with E-state index in [0.29, 0.717) is 6.54 Å². The second kappa shape index (κ2) is 10.3. The van der Waals surface area contributed by atoms with E-state index in [1.54, 1.807) is 32.1 Å². The highest BCUT2D eigenvalue weighted by molar-refractivity contribution is 7.62. The number of rotatable bonds is 10. The van der Waals surface area contributed by atoms with Crippen molar-refractivity contribution in [2.45, 2.75) is 20.4 Å². The zero-order valence-electron chi connectivity index (χ0n) is 16.9. The van der Waals surface area contributed by atoms with Crippen LogP contribution in [0.25, 0.3) is 12.2 Å². The standard InChI is InChI=1S/C22H24FN2O4P/c1-3-27-30(26,28-4-2)22-21(24-16-18-10-13-19(23)14-11-18)29-20(25-22)15-12-17-8-6-5-7-9-17/h5-15,24H,3-4,16H2,1-2H3. The first-order chi connectivity index (χ1) is 14.5. The van der Waals surface area contributed by atoms with Gasteiger partial charge in [0.2, 0.25) is 17.2 Å². The smallest absolute Gasteiger partial charge is 0.385 e. The Morgan fingerprint density at radius 1 is 1.03 bits per heavy atom. The van der Waals surface area contributed by atoms with Crippen molar-refractivity contribution in [1.29, 1.82) is 0 Å². The average molecular weight is 430 g/mol. The van der Waals surface area contributed by atoms with Gasteiger partial charge in [0.25, 0.3) is 0 Å². The number of hydrogen-bond donors (Lipinski definition) is 1. The van der Waals surface area contributed by atoms with Crippen LogP contribution in [-0.4, -0.2) is 18.2 Å². The van der Waals surface area contributed by atoms with Crippen molar-refractivity contribution < 1.29 is 22.4 Å². The molecule has 0 spiro atoms. The Bertz CT molecular complexity index is 1010. The van der Waals surface area contributed by atoms with Crippen LogP contribution in [0.4, 0.5) is 10.3 Å².